The number of carbonyl (C=O) groups is 1. The van der Waals surface area contributed by atoms with Crippen molar-refractivity contribution in [3.63, 3.8) is 0 Å². The molecule has 0 radical (unpaired) electrons. The average molecular weight is 348 g/mol. The van der Waals surface area contributed by atoms with E-state index in [0.29, 0.717) is 16.3 Å². The molecule has 0 heterocycles. The van der Waals surface area contributed by atoms with E-state index in [1.54, 1.807) is 24.3 Å². The van der Waals surface area contributed by atoms with Gasteiger partial charge in [-0.2, -0.15) is 0 Å². The number of rotatable bonds is 6. The Bertz CT molecular complexity index is 793. The van der Waals surface area contributed by atoms with E-state index in [-0.39, 0.29) is 12.3 Å². The van der Waals surface area contributed by atoms with Crippen LogP contribution in [-0.2, 0) is 9.63 Å². The van der Waals surface area contributed by atoms with Gasteiger partial charge in [0.15, 0.2) is 6.61 Å². The third kappa shape index (κ3) is 5.06. The summed E-state index contributed by atoms with van der Waals surface area (Å²) in [6.45, 7) is 1.55. The highest BCUT2D eigenvalue weighted by molar-refractivity contribution is 6.31. The van der Waals surface area contributed by atoms with Gasteiger partial charge in [-0.3, -0.25) is 14.9 Å². The van der Waals surface area contributed by atoms with Crippen LogP contribution in [0.1, 0.15) is 11.1 Å². The number of hydrogen-bond donors (Lipinski definition) is 1. The second-order valence-corrected chi connectivity index (χ2v) is 5.30. The molecule has 1 amide bonds. The minimum absolute atomic E-state index is 0.0480. The molecule has 0 aliphatic heterocycles. The van der Waals surface area contributed by atoms with Crippen LogP contribution < -0.4 is 5.32 Å². The zero-order valence-corrected chi connectivity index (χ0v) is 13.5. The number of anilines is 1. The number of hydrogen-bond acceptors (Lipinski definition) is 5. The number of non-ortho nitro benzene ring substituents is 1. The van der Waals surface area contributed by atoms with Crippen LogP contribution in [0.25, 0.3) is 0 Å². The molecule has 0 saturated heterocycles. The third-order valence-electron chi connectivity index (χ3n) is 3.03. The van der Waals surface area contributed by atoms with E-state index in [1.807, 2.05) is 6.92 Å². The fraction of sp³-hybridized carbons (Fsp3) is 0.125. The van der Waals surface area contributed by atoms with Crippen LogP contribution >= 0.6 is 11.6 Å². The van der Waals surface area contributed by atoms with E-state index < -0.39 is 10.8 Å². The molecule has 0 aromatic heterocycles. The molecular formula is C16H14ClN3O4. The molecule has 0 unspecified atom stereocenters. The molecule has 0 aliphatic rings. The maximum Gasteiger partial charge on any atom is 0.270 e. The van der Waals surface area contributed by atoms with Crippen molar-refractivity contribution in [1.82, 2.24) is 0 Å². The van der Waals surface area contributed by atoms with E-state index >= 15 is 0 Å². The summed E-state index contributed by atoms with van der Waals surface area (Å²) in [5.41, 5.74) is 1.91. The van der Waals surface area contributed by atoms with Gasteiger partial charge in [-0.15, -0.1) is 0 Å². The van der Waals surface area contributed by atoms with Crippen molar-refractivity contribution in [2.24, 2.45) is 5.16 Å². The molecule has 0 fully saturated rings. The molecule has 2 aromatic carbocycles. The smallest absolute Gasteiger partial charge is 0.270 e. The van der Waals surface area contributed by atoms with Crippen LogP contribution in [0.15, 0.2) is 47.6 Å². The summed E-state index contributed by atoms with van der Waals surface area (Å²) in [4.78, 5) is 26.8. The standard InChI is InChI=1S/C16H14ClN3O4/c1-11-5-6-13(17)8-15(11)19-16(21)10-24-18-9-12-3-2-4-14(7-12)20(22)23/h2-9H,10H2,1H3,(H,19,21)/b18-9+. The van der Waals surface area contributed by atoms with Gasteiger partial charge in [0, 0.05) is 28.4 Å². The predicted molar refractivity (Wildman–Crippen MR) is 91.5 cm³/mol. The fourth-order valence-corrected chi connectivity index (χ4v) is 2.00. The lowest BCUT2D eigenvalue weighted by Crippen LogP contribution is -2.17. The molecule has 0 bridgehead atoms. The lowest BCUT2D eigenvalue weighted by molar-refractivity contribution is -0.384. The highest BCUT2D eigenvalue weighted by Crippen LogP contribution is 2.20. The van der Waals surface area contributed by atoms with E-state index in [4.69, 9.17) is 16.4 Å². The SMILES string of the molecule is Cc1ccc(Cl)cc1NC(=O)CO/N=C/c1cccc([N+](=O)[O-])c1. The third-order valence-corrected chi connectivity index (χ3v) is 3.26. The maximum absolute atomic E-state index is 11.8. The largest absolute Gasteiger partial charge is 0.386 e. The molecule has 8 heteroatoms. The second-order valence-electron chi connectivity index (χ2n) is 4.87. The number of carbonyl (C=O) groups excluding carboxylic acids is 1. The van der Waals surface area contributed by atoms with Crippen LogP contribution in [-0.4, -0.2) is 23.7 Å². The molecule has 0 atom stereocenters. The van der Waals surface area contributed by atoms with Crippen molar-refractivity contribution in [1.29, 1.82) is 0 Å². The number of nitro groups is 1. The number of nitro benzene ring substituents is 1. The molecule has 2 aromatic rings. The summed E-state index contributed by atoms with van der Waals surface area (Å²) in [5.74, 6) is -0.392. The first kappa shape index (κ1) is 17.4. The quantitative estimate of drug-likeness (QED) is 0.491. The molecule has 1 N–H and O–H groups in total. The zero-order chi connectivity index (χ0) is 17.5. The molecule has 2 rings (SSSR count). The van der Waals surface area contributed by atoms with Gasteiger partial charge >= 0.3 is 0 Å². The van der Waals surface area contributed by atoms with Gasteiger partial charge in [0.25, 0.3) is 11.6 Å². The van der Waals surface area contributed by atoms with Gasteiger partial charge in [0.05, 0.1) is 11.1 Å². The van der Waals surface area contributed by atoms with Crippen molar-refractivity contribution in [2.45, 2.75) is 6.92 Å². The summed E-state index contributed by atoms with van der Waals surface area (Å²) in [6, 6.07) is 11.1. The lowest BCUT2D eigenvalue weighted by atomic mass is 10.2. The first-order chi connectivity index (χ1) is 11.5. The first-order valence-electron chi connectivity index (χ1n) is 6.91. The Morgan fingerprint density at radius 2 is 2.17 bits per heavy atom. The molecule has 24 heavy (non-hydrogen) atoms. The van der Waals surface area contributed by atoms with E-state index in [1.165, 1.54) is 24.4 Å². The van der Waals surface area contributed by atoms with Gasteiger partial charge in [0.2, 0.25) is 0 Å². The minimum atomic E-state index is -0.501. The van der Waals surface area contributed by atoms with E-state index in [9.17, 15) is 14.9 Å². The van der Waals surface area contributed by atoms with Crippen molar-refractivity contribution >= 4 is 35.1 Å². The van der Waals surface area contributed by atoms with Crippen molar-refractivity contribution < 1.29 is 14.6 Å². The lowest BCUT2D eigenvalue weighted by Gasteiger charge is -2.07. The summed E-state index contributed by atoms with van der Waals surface area (Å²) >= 11 is 5.88. The monoisotopic (exact) mass is 347 g/mol. The van der Waals surface area contributed by atoms with Crippen LogP contribution in [0.3, 0.4) is 0 Å². The Kier molecular flexibility index (Phi) is 5.86. The van der Waals surface area contributed by atoms with Gasteiger partial charge in [-0.05, 0) is 24.6 Å². The number of amides is 1. The Morgan fingerprint density at radius 1 is 1.38 bits per heavy atom. The number of benzene rings is 2. The molecule has 0 spiro atoms. The van der Waals surface area contributed by atoms with Crippen molar-refractivity contribution in [3.8, 4) is 0 Å². The number of nitrogens with one attached hydrogen (secondary N) is 1. The highest BCUT2D eigenvalue weighted by Gasteiger charge is 2.06. The maximum atomic E-state index is 11.8. The molecule has 124 valence electrons. The zero-order valence-electron chi connectivity index (χ0n) is 12.7. The summed E-state index contributed by atoms with van der Waals surface area (Å²) < 4.78 is 0. The number of halogens is 1. The molecule has 0 aliphatic carbocycles. The average Bonchev–Trinajstić information content (AvgIpc) is 2.55. The Labute approximate surface area is 143 Å². The Balaban J connectivity index is 1.87. The molecular weight excluding hydrogens is 334 g/mol. The summed E-state index contributed by atoms with van der Waals surface area (Å²) in [7, 11) is 0. The fourth-order valence-electron chi connectivity index (χ4n) is 1.83. The highest BCUT2D eigenvalue weighted by atomic mass is 35.5. The number of aryl methyl sites for hydroxylation is 1. The van der Waals surface area contributed by atoms with Crippen molar-refractivity contribution in [2.75, 3.05) is 11.9 Å². The predicted octanol–water partition coefficient (Wildman–Crippen LogP) is 3.55. The first-order valence-corrected chi connectivity index (χ1v) is 7.29. The normalized spacial score (nSPS) is 10.6. The van der Waals surface area contributed by atoms with Crippen LogP contribution in [0.4, 0.5) is 11.4 Å². The van der Waals surface area contributed by atoms with E-state index in [2.05, 4.69) is 10.5 Å². The van der Waals surface area contributed by atoms with Gasteiger partial charge in [0.1, 0.15) is 0 Å². The Morgan fingerprint density at radius 3 is 2.92 bits per heavy atom. The number of nitrogens with zero attached hydrogens (tertiary/aromatic N) is 2. The number of oxime groups is 1. The summed E-state index contributed by atoms with van der Waals surface area (Å²) in [6.07, 6.45) is 1.30. The van der Waals surface area contributed by atoms with Crippen molar-refractivity contribution in [3.05, 3.63) is 68.7 Å². The Hall–Kier alpha value is -2.93. The molecule has 0 saturated carbocycles. The van der Waals surface area contributed by atoms with Crippen LogP contribution in [0.2, 0.25) is 5.02 Å². The molecule has 7 nitrogen and oxygen atoms in total. The van der Waals surface area contributed by atoms with Gasteiger partial charge in [-0.1, -0.05) is 35.0 Å². The van der Waals surface area contributed by atoms with E-state index in [0.717, 1.165) is 5.56 Å². The van der Waals surface area contributed by atoms with Crippen LogP contribution in [0, 0.1) is 17.0 Å². The second kappa shape index (κ2) is 8.07. The topological polar surface area (TPSA) is 93.8 Å². The van der Waals surface area contributed by atoms with Gasteiger partial charge < -0.3 is 10.2 Å². The minimum Gasteiger partial charge on any atom is -0.386 e. The van der Waals surface area contributed by atoms with Crippen LogP contribution in [0.5, 0.6) is 0 Å². The van der Waals surface area contributed by atoms with Gasteiger partial charge in [-0.25, -0.2) is 0 Å². The summed E-state index contributed by atoms with van der Waals surface area (Å²) in [5, 5.41) is 17.5.